The number of carbonyl (C=O) groups excluding carboxylic acids is 6. The van der Waals surface area contributed by atoms with Crippen molar-refractivity contribution in [1.82, 2.24) is 5.32 Å². The molecule has 1 fully saturated rings. The van der Waals surface area contributed by atoms with Crippen LogP contribution < -0.4 is 5.32 Å². The Morgan fingerprint density at radius 3 is 1.98 bits per heavy atom. The fourth-order valence-corrected chi connectivity index (χ4v) is 6.08. The Labute approximate surface area is 270 Å². The summed E-state index contributed by atoms with van der Waals surface area (Å²) < 4.78 is 34.1. The molecule has 0 aliphatic carbocycles. The van der Waals surface area contributed by atoms with E-state index in [1.807, 2.05) is 6.07 Å². The van der Waals surface area contributed by atoms with Gasteiger partial charge in [0.1, 0.15) is 25.4 Å². The highest BCUT2D eigenvalue weighted by molar-refractivity contribution is 8.01. The average Bonchev–Trinajstić information content (AvgIpc) is 2.98. The molecular weight excluding hydrogens is 622 g/mol. The number of hydrogen-bond donors (Lipinski definition) is 1. The van der Waals surface area contributed by atoms with Gasteiger partial charge < -0.3 is 33.7 Å². The minimum Gasteiger partial charge on any atom is -0.462 e. The Balaban J connectivity index is 2.20. The van der Waals surface area contributed by atoms with Crippen LogP contribution in [0, 0.1) is 0 Å². The van der Waals surface area contributed by atoms with Crippen molar-refractivity contribution in [2.24, 2.45) is 0 Å². The van der Waals surface area contributed by atoms with E-state index in [0.717, 1.165) is 39.5 Å². The quantitative estimate of drug-likeness (QED) is 0.246. The first-order valence-electron chi connectivity index (χ1n) is 14.3. The summed E-state index contributed by atoms with van der Waals surface area (Å²) in [5.74, 6) is -4.56. The molecule has 14 heteroatoms. The summed E-state index contributed by atoms with van der Waals surface area (Å²) in [6.45, 7) is 4.97. The first kappa shape index (κ1) is 36.0. The topological polar surface area (TPSA) is 170 Å². The molecule has 1 aliphatic heterocycles. The van der Waals surface area contributed by atoms with Crippen molar-refractivity contribution in [3.8, 4) is 0 Å². The molecule has 1 amide bonds. The van der Waals surface area contributed by atoms with Crippen LogP contribution in [0.2, 0.25) is 0 Å². The molecule has 0 aromatic heterocycles. The molecule has 0 spiro atoms. The molecule has 0 bridgehead atoms. The Bertz CT molecular complexity index is 1390. The van der Waals surface area contributed by atoms with Crippen LogP contribution in [-0.2, 0) is 63.8 Å². The minimum absolute atomic E-state index is 0.131. The van der Waals surface area contributed by atoms with Gasteiger partial charge in [0.15, 0.2) is 12.2 Å². The van der Waals surface area contributed by atoms with Gasteiger partial charge in [0.25, 0.3) is 0 Å². The van der Waals surface area contributed by atoms with Crippen molar-refractivity contribution in [2.45, 2.75) is 87.9 Å². The minimum atomic E-state index is -1.96. The van der Waals surface area contributed by atoms with Crippen LogP contribution in [0.25, 0.3) is 0 Å². The van der Waals surface area contributed by atoms with E-state index in [0.29, 0.717) is 10.5 Å². The second-order valence-corrected chi connectivity index (χ2v) is 11.8. The van der Waals surface area contributed by atoms with Crippen molar-refractivity contribution in [3.63, 3.8) is 0 Å². The number of amides is 1. The third-order valence-corrected chi connectivity index (χ3v) is 7.82. The largest absolute Gasteiger partial charge is 0.462 e. The van der Waals surface area contributed by atoms with Gasteiger partial charge in [0.05, 0.1) is 6.04 Å². The SMILES string of the molecule is CC(=O)NC1C(OC(C)=O)CC(Sc2ccccc2)(C(=O)OCc2ccccc2)OC1[C@H](OC(C)=O)[C@@H](COC(C)=O)OC(C)=O. The maximum atomic E-state index is 14.2. The van der Waals surface area contributed by atoms with Crippen LogP contribution in [0.4, 0.5) is 0 Å². The number of nitrogens with one attached hydrogen (secondary N) is 1. The Kier molecular flexibility index (Phi) is 13.1. The molecule has 2 aromatic rings. The third kappa shape index (κ3) is 10.6. The van der Waals surface area contributed by atoms with E-state index in [-0.39, 0.29) is 13.0 Å². The molecule has 1 saturated heterocycles. The number of carbonyl (C=O) groups is 6. The predicted molar refractivity (Wildman–Crippen MR) is 162 cm³/mol. The summed E-state index contributed by atoms with van der Waals surface area (Å²) in [5.41, 5.74) is 0.685. The molecule has 46 heavy (non-hydrogen) atoms. The Hall–Kier alpha value is -4.43. The van der Waals surface area contributed by atoms with Crippen molar-refractivity contribution < 1.29 is 57.2 Å². The number of hydrogen-bond acceptors (Lipinski definition) is 13. The van der Waals surface area contributed by atoms with E-state index in [9.17, 15) is 28.8 Å². The van der Waals surface area contributed by atoms with Crippen LogP contribution in [0.1, 0.15) is 46.6 Å². The van der Waals surface area contributed by atoms with Gasteiger partial charge in [-0.2, -0.15) is 0 Å². The van der Waals surface area contributed by atoms with Gasteiger partial charge in [-0.3, -0.25) is 24.0 Å². The highest BCUT2D eigenvalue weighted by Gasteiger charge is 2.59. The fraction of sp³-hybridized carbons (Fsp3) is 0.438. The van der Waals surface area contributed by atoms with Crippen LogP contribution >= 0.6 is 11.8 Å². The average molecular weight is 660 g/mol. The number of ether oxygens (including phenoxy) is 6. The highest BCUT2D eigenvalue weighted by atomic mass is 32.2. The van der Waals surface area contributed by atoms with Gasteiger partial charge in [-0.1, -0.05) is 60.3 Å². The standard InChI is InChI=1S/C32H37NO12S/c1-19(34)33-28-26(42-21(3)36)16-32(46-25-14-10-7-11-15-25,31(39)41-17-24-12-8-6-9-13-24)45-30(28)29(44-23(5)38)27(43-22(4)37)18-40-20(2)35/h6-15,26-30H,16-18H2,1-5H3,(H,33,34)/t26?,27-,28?,29-,30?,32?/m1/s1. The molecule has 1 aliphatic rings. The molecule has 4 unspecified atom stereocenters. The maximum Gasteiger partial charge on any atom is 0.349 e. The van der Waals surface area contributed by atoms with Crippen LogP contribution in [0.15, 0.2) is 65.6 Å². The monoisotopic (exact) mass is 659 g/mol. The van der Waals surface area contributed by atoms with Crippen molar-refractivity contribution in [2.75, 3.05) is 6.61 Å². The van der Waals surface area contributed by atoms with E-state index >= 15 is 0 Å². The molecule has 0 saturated carbocycles. The van der Waals surface area contributed by atoms with Gasteiger partial charge >= 0.3 is 29.8 Å². The molecule has 248 valence electrons. The summed E-state index contributed by atoms with van der Waals surface area (Å²) in [4.78, 5) is 74.0. The molecule has 1 N–H and O–H groups in total. The van der Waals surface area contributed by atoms with E-state index in [1.54, 1.807) is 54.6 Å². The molecule has 0 radical (unpaired) electrons. The van der Waals surface area contributed by atoms with Crippen LogP contribution in [0.5, 0.6) is 0 Å². The second kappa shape index (κ2) is 16.8. The van der Waals surface area contributed by atoms with E-state index < -0.39 is 77.8 Å². The number of rotatable bonds is 13. The summed E-state index contributed by atoms with van der Waals surface area (Å²) in [6, 6.07) is 16.4. The normalized spacial score (nSPS) is 21.9. The maximum absolute atomic E-state index is 14.2. The van der Waals surface area contributed by atoms with E-state index in [2.05, 4.69) is 5.32 Å². The van der Waals surface area contributed by atoms with Crippen molar-refractivity contribution in [1.29, 1.82) is 0 Å². The van der Waals surface area contributed by atoms with Crippen LogP contribution in [0.3, 0.4) is 0 Å². The van der Waals surface area contributed by atoms with Gasteiger partial charge in [0, 0.05) is 45.9 Å². The molecule has 13 nitrogen and oxygen atoms in total. The summed E-state index contributed by atoms with van der Waals surface area (Å²) in [5, 5.41) is 2.67. The predicted octanol–water partition coefficient (Wildman–Crippen LogP) is 2.87. The van der Waals surface area contributed by atoms with Crippen molar-refractivity contribution in [3.05, 3.63) is 66.2 Å². The van der Waals surface area contributed by atoms with Crippen LogP contribution in [-0.4, -0.2) is 77.8 Å². The zero-order valence-electron chi connectivity index (χ0n) is 26.1. The lowest BCUT2D eigenvalue weighted by Gasteiger charge is -2.48. The Morgan fingerprint density at radius 1 is 0.826 bits per heavy atom. The molecule has 6 atom stereocenters. The smallest absolute Gasteiger partial charge is 0.349 e. The summed E-state index contributed by atoms with van der Waals surface area (Å²) in [6.07, 6.45) is -6.14. The van der Waals surface area contributed by atoms with Gasteiger partial charge in [0.2, 0.25) is 10.8 Å². The van der Waals surface area contributed by atoms with Gasteiger partial charge in [-0.05, 0) is 17.7 Å². The first-order chi connectivity index (χ1) is 21.8. The summed E-state index contributed by atoms with van der Waals surface area (Å²) >= 11 is 0.957. The second-order valence-electron chi connectivity index (χ2n) is 10.4. The van der Waals surface area contributed by atoms with E-state index in [1.165, 1.54) is 6.92 Å². The lowest BCUT2D eigenvalue weighted by molar-refractivity contribution is -0.225. The molecule has 3 rings (SSSR count). The number of benzene rings is 2. The first-order valence-corrected chi connectivity index (χ1v) is 15.2. The fourth-order valence-electron chi connectivity index (χ4n) is 4.86. The zero-order valence-corrected chi connectivity index (χ0v) is 26.9. The Morgan fingerprint density at radius 2 is 1.43 bits per heavy atom. The number of esters is 5. The molecule has 2 aromatic carbocycles. The summed E-state index contributed by atoms with van der Waals surface area (Å²) in [7, 11) is 0. The highest BCUT2D eigenvalue weighted by Crippen LogP contribution is 2.46. The number of thioether (sulfide) groups is 1. The molecular formula is C32H37NO12S. The van der Waals surface area contributed by atoms with Gasteiger partial charge in [-0.25, -0.2) is 4.79 Å². The zero-order chi connectivity index (χ0) is 33.9. The van der Waals surface area contributed by atoms with Gasteiger partial charge in [-0.15, -0.1) is 0 Å². The third-order valence-electron chi connectivity index (χ3n) is 6.55. The van der Waals surface area contributed by atoms with E-state index in [4.69, 9.17) is 28.4 Å². The van der Waals surface area contributed by atoms with Crippen molar-refractivity contribution >= 4 is 47.5 Å². The lowest BCUT2D eigenvalue weighted by Crippen LogP contribution is -2.68. The lowest BCUT2D eigenvalue weighted by atomic mass is 9.89. The molecule has 1 heterocycles.